The summed E-state index contributed by atoms with van der Waals surface area (Å²) in [5.74, 6) is -3.04. The van der Waals surface area contributed by atoms with Crippen molar-refractivity contribution < 1.29 is 24.6 Å². The van der Waals surface area contributed by atoms with Crippen molar-refractivity contribution in [2.24, 2.45) is 5.92 Å². The Hall–Kier alpha value is -1.59. The fraction of sp³-hybridized carbons (Fsp3) is 0.769. The highest BCUT2D eigenvalue weighted by atomic mass is 16.4. The molecule has 0 spiro atoms. The summed E-state index contributed by atoms with van der Waals surface area (Å²) in [6.45, 7) is 0. The van der Waals surface area contributed by atoms with E-state index in [4.69, 9.17) is 10.2 Å². The summed E-state index contributed by atoms with van der Waals surface area (Å²) in [7, 11) is 0. The van der Waals surface area contributed by atoms with Crippen LogP contribution in [0.5, 0.6) is 0 Å². The first kappa shape index (κ1) is 15.5. The number of hydrogen-bond donors (Lipinski definition) is 3. The van der Waals surface area contributed by atoms with Gasteiger partial charge in [-0.05, 0) is 12.8 Å². The van der Waals surface area contributed by atoms with Crippen molar-refractivity contribution in [2.75, 3.05) is 0 Å². The van der Waals surface area contributed by atoms with Gasteiger partial charge in [-0.15, -0.1) is 0 Å². The van der Waals surface area contributed by atoms with E-state index in [-0.39, 0.29) is 11.8 Å². The van der Waals surface area contributed by atoms with E-state index >= 15 is 0 Å². The molecular formula is C13H21NO5. The Kier molecular flexibility index (Phi) is 6.32. The first-order chi connectivity index (χ1) is 9.00. The molecule has 6 heteroatoms. The first-order valence-electron chi connectivity index (χ1n) is 6.75. The highest BCUT2D eigenvalue weighted by Gasteiger charge is 2.27. The van der Waals surface area contributed by atoms with Crippen molar-refractivity contribution in [1.82, 2.24) is 5.32 Å². The normalized spacial score (nSPS) is 18.9. The Balaban J connectivity index is 2.53. The zero-order chi connectivity index (χ0) is 14.3. The standard InChI is InChI=1S/C13H21NO5/c15-11(16)8-10(13(18)19)14-12(17)9-6-4-2-1-3-5-7-9/h9-10H,1-8H2,(H,14,17)(H,15,16)(H,18,19)/t10-/m0/s1. The molecule has 1 aliphatic rings. The second-order valence-electron chi connectivity index (χ2n) is 5.04. The van der Waals surface area contributed by atoms with Crippen molar-refractivity contribution >= 4 is 17.8 Å². The smallest absolute Gasteiger partial charge is 0.326 e. The molecule has 0 aromatic carbocycles. The van der Waals surface area contributed by atoms with Crippen LogP contribution in [0.3, 0.4) is 0 Å². The van der Waals surface area contributed by atoms with Gasteiger partial charge in [-0.25, -0.2) is 4.79 Å². The molecule has 0 bridgehead atoms. The maximum atomic E-state index is 12.0. The monoisotopic (exact) mass is 271 g/mol. The lowest BCUT2D eigenvalue weighted by molar-refractivity contribution is -0.147. The highest BCUT2D eigenvalue weighted by molar-refractivity contribution is 5.87. The molecule has 0 heterocycles. The average molecular weight is 271 g/mol. The van der Waals surface area contributed by atoms with Gasteiger partial charge in [-0.1, -0.05) is 32.1 Å². The fourth-order valence-corrected chi connectivity index (χ4v) is 2.38. The summed E-state index contributed by atoms with van der Waals surface area (Å²) in [5, 5.41) is 19.9. The molecule has 3 N–H and O–H groups in total. The number of aliphatic carboxylic acids is 2. The fourth-order valence-electron chi connectivity index (χ4n) is 2.38. The molecule has 0 aromatic rings. The topological polar surface area (TPSA) is 104 Å². The van der Waals surface area contributed by atoms with Crippen molar-refractivity contribution in [2.45, 2.75) is 57.4 Å². The summed E-state index contributed by atoms with van der Waals surface area (Å²) < 4.78 is 0. The number of carboxylic acids is 2. The van der Waals surface area contributed by atoms with E-state index in [1.807, 2.05) is 0 Å². The third-order valence-corrected chi connectivity index (χ3v) is 3.47. The van der Waals surface area contributed by atoms with Crippen LogP contribution in [0.4, 0.5) is 0 Å². The van der Waals surface area contributed by atoms with E-state index in [0.29, 0.717) is 0 Å². The van der Waals surface area contributed by atoms with Gasteiger partial charge in [0.25, 0.3) is 0 Å². The molecule has 1 aliphatic carbocycles. The molecule has 0 saturated heterocycles. The second kappa shape index (κ2) is 7.76. The summed E-state index contributed by atoms with van der Waals surface area (Å²) in [5.41, 5.74) is 0. The number of hydrogen-bond acceptors (Lipinski definition) is 3. The second-order valence-corrected chi connectivity index (χ2v) is 5.04. The van der Waals surface area contributed by atoms with Crippen molar-refractivity contribution in [1.29, 1.82) is 0 Å². The molecule has 0 aliphatic heterocycles. The molecule has 1 fully saturated rings. The van der Waals surface area contributed by atoms with Crippen LogP contribution < -0.4 is 5.32 Å². The minimum absolute atomic E-state index is 0.184. The lowest BCUT2D eigenvalue weighted by Gasteiger charge is -2.21. The van der Waals surface area contributed by atoms with E-state index in [2.05, 4.69) is 5.32 Å². The Morgan fingerprint density at radius 3 is 2.00 bits per heavy atom. The number of nitrogens with one attached hydrogen (secondary N) is 1. The number of rotatable bonds is 5. The molecule has 1 rings (SSSR count). The van der Waals surface area contributed by atoms with Crippen LogP contribution in [0.15, 0.2) is 0 Å². The van der Waals surface area contributed by atoms with E-state index in [0.717, 1.165) is 38.5 Å². The Bertz CT molecular complexity index is 334. The molecule has 0 radical (unpaired) electrons. The van der Waals surface area contributed by atoms with Gasteiger partial charge in [0.1, 0.15) is 6.04 Å². The predicted octanol–water partition coefficient (Wildman–Crippen LogP) is 1.39. The lowest BCUT2D eigenvalue weighted by Crippen LogP contribution is -2.44. The highest BCUT2D eigenvalue weighted by Crippen LogP contribution is 2.22. The maximum absolute atomic E-state index is 12.0. The SMILES string of the molecule is O=C(O)C[C@H](NC(=O)C1CCCCCCC1)C(=O)O. The van der Waals surface area contributed by atoms with Crippen molar-refractivity contribution in [3.05, 3.63) is 0 Å². The van der Waals surface area contributed by atoms with Gasteiger partial charge in [-0.2, -0.15) is 0 Å². The van der Waals surface area contributed by atoms with Gasteiger partial charge in [0, 0.05) is 5.92 Å². The van der Waals surface area contributed by atoms with E-state index in [9.17, 15) is 14.4 Å². The van der Waals surface area contributed by atoms with E-state index in [1.54, 1.807) is 0 Å². The Morgan fingerprint density at radius 1 is 1.00 bits per heavy atom. The third-order valence-electron chi connectivity index (χ3n) is 3.47. The van der Waals surface area contributed by atoms with E-state index in [1.165, 1.54) is 6.42 Å². The van der Waals surface area contributed by atoms with Gasteiger partial charge in [-0.3, -0.25) is 9.59 Å². The van der Waals surface area contributed by atoms with Gasteiger partial charge in [0.2, 0.25) is 5.91 Å². The number of carboxylic acid groups (broad SMARTS) is 2. The van der Waals surface area contributed by atoms with Gasteiger partial charge in [0.15, 0.2) is 0 Å². The first-order valence-corrected chi connectivity index (χ1v) is 6.75. The third kappa shape index (κ3) is 5.72. The lowest BCUT2D eigenvalue weighted by atomic mass is 9.90. The van der Waals surface area contributed by atoms with Crippen molar-refractivity contribution in [3.8, 4) is 0 Å². The molecule has 0 unspecified atom stereocenters. The molecule has 19 heavy (non-hydrogen) atoms. The summed E-state index contributed by atoms with van der Waals surface area (Å²) in [6.07, 6.45) is 6.24. The van der Waals surface area contributed by atoms with Crippen LogP contribution >= 0.6 is 0 Å². The zero-order valence-electron chi connectivity index (χ0n) is 10.9. The maximum Gasteiger partial charge on any atom is 0.326 e. The number of carbonyl (C=O) groups excluding carboxylic acids is 1. The van der Waals surface area contributed by atoms with Crippen LogP contribution in [0.2, 0.25) is 0 Å². The number of amides is 1. The van der Waals surface area contributed by atoms with Crippen LogP contribution in [0.1, 0.15) is 51.4 Å². The molecule has 6 nitrogen and oxygen atoms in total. The van der Waals surface area contributed by atoms with Crippen molar-refractivity contribution in [3.63, 3.8) is 0 Å². The molecular weight excluding hydrogens is 250 g/mol. The minimum Gasteiger partial charge on any atom is -0.481 e. The summed E-state index contributed by atoms with van der Waals surface area (Å²) >= 11 is 0. The molecule has 1 atom stereocenters. The summed E-state index contributed by atoms with van der Waals surface area (Å²) in [6, 6.07) is -1.34. The van der Waals surface area contributed by atoms with Gasteiger partial charge >= 0.3 is 11.9 Å². The Labute approximate surface area is 112 Å². The van der Waals surface area contributed by atoms with Gasteiger partial charge < -0.3 is 15.5 Å². The summed E-state index contributed by atoms with van der Waals surface area (Å²) in [4.78, 5) is 33.4. The Morgan fingerprint density at radius 2 is 1.53 bits per heavy atom. The average Bonchev–Trinajstić information content (AvgIpc) is 2.26. The van der Waals surface area contributed by atoms with Gasteiger partial charge in [0.05, 0.1) is 6.42 Å². The largest absolute Gasteiger partial charge is 0.481 e. The molecule has 0 aromatic heterocycles. The van der Waals surface area contributed by atoms with Crippen LogP contribution in [0, 0.1) is 5.92 Å². The predicted molar refractivity (Wildman–Crippen MR) is 67.6 cm³/mol. The molecule has 1 amide bonds. The van der Waals surface area contributed by atoms with E-state index < -0.39 is 24.4 Å². The van der Waals surface area contributed by atoms with Crippen LogP contribution in [-0.4, -0.2) is 34.1 Å². The van der Waals surface area contributed by atoms with Crippen LogP contribution in [-0.2, 0) is 14.4 Å². The number of carbonyl (C=O) groups is 3. The minimum atomic E-state index is -1.34. The molecule has 108 valence electrons. The zero-order valence-corrected chi connectivity index (χ0v) is 10.9. The molecule has 1 saturated carbocycles. The quantitative estimate of drug-likeness (QED) is 0.701. The van der Waals surface area contributed by atoms with Crippen LogP contribution in [0.25, 0.3) is 0 Å².